The van der Waals surface area contributed by atoms with Gasteiger partial charge < -0.3 is 11.1 Å². The van der Waals surface area contributed by atoms with E-state index in [0.29, 0.717) is 25.2 Å². The van der Waals surface area contributed by atoms with Gasteiger partial charge in [-0.2, -0.15) is 0 Å². The summed E-state index contributed by atoms with van der Waals surface area (Å²) in [6.07, 6.45) is 1.41. The molecule has 2 rings (SSSR count). The van der Waals surface area contributed by atoms with Gasteiger partial charge in [0.2, 0.25) is 5.82 Å². The third-order valence-corrected chi connectivity index (χ3v) is 4.56. The molecule has 0 spiro atoms. The summed E-state index contributed by atoms with van der Waals surface area (Å²) in [5.74, 6) is -0.288. The van der Waals surface area contributed by atoms with Gasteiger partial charge in [-0.05, 0) is 25.0 Å². The van der Waals surface area contributed by atoms with Gasteiger partial charge >= 0.3 is 0 Å². The average Bonchev–Trinajstić information content (AvgIpc) is 3.06. The van der Waals surface area contributed by atoms with Crippen molar-refractivity contribution in [1.82, 2.24) is 20.1 Å². The van der Waals surface area contributed by atoms with E-state index in [1.54, 1.807) is 18.2 Å². The zero-order chi connectivity index (χ0) is 18.6. The smallest absolute Gasteiger partial charge is 0.291 e. The number of nitrogens with two attached hydrogens (primary N) is 1. The molecule has 2 aromatic rings. The Morgan fingerprint density at radius 1 is 1.31 bits per heavy atom. The number of aromatic nitrogens is 3. The Hall–Kier alpha value is -1.99. The standard InChI is InChI=1S/C18H26FN5O.ClH/c1-5-18(6-2,11-20)22-17(25)15-21-16(12(3)4)24(23-15)14-10-8-7-9-13(14)19;/h7-10,12H,5-6,11,20H2,1-4H3,(H,22,25);1H. The molecule has 1 amide bonds. The molecule has 144 valence electrons. The van der Waals surface area contributed by atoms with Crippen LogP contribution in [0.25, 0.3) is 5.69 Å². The molecule has 1 aromatic heterocycles. The Morgan fingerprint density at radius 3 is 2.42 bits per heavy atom. The second-order valence-corrected chi connectivity index (χ2v) is 6.46. The van der Waals surface area contributed by atoms with Crippen molar-refractivity contribution >= 4 is 18.3 Å². The van der Waals surface area contributed by atoms with Crippen molar-refractivity contribution in [3.63, 3.8) is 0 Å². The monoisotopic (exact) mass is 383 g/mol. The molecule has 0 saturated carbocycles. The summed E-state index contributed by atoms with van der Waals surface area (Å²) >= 11 is 0. The van der Waals surface area contributed by atoms with E-state index >= 15 is 0 Å². The minimum absolute atomic E-state index is 0. The van der Waals surface area contributed by atoms with Crippen molar-refractivity contribution in [3.05, 3.63) is 41.7 Å². The molecule has 0 atom stereocenters. The summed E-state index contributed by atoms with van der Waals surface area (Å²) in [5.41, 5.74) is 5.62. The van der Waals surface area contributed by atoms with Crippen molar-refractivity contribution in [3.8, 4) is 5.69 Å². The van der Waals surface area contributed by atoms with Gasteiger partial charge in [0.25, 0.3) is 5.91 Å². The molecule has 0 aliphatic heterocycles. The van der Waals surface area contributed by atoms with Crippen molar-refractivity contribution < 1.29 is 9.18 Å². The SMILES string of the molecule is CCC(CC)(CN)NC(=O)c1nc(C(C)C)n(-c2ccccc2F)n1.Cl. The van der Waals surface area contributed by atoms with E-state index in [9.17, 15) is 9.18 Å². The number of benzene rings is 1. The molecule has 0 aliphatic carbocycles. The predicted molar refractivity (Wildman–Crippen MR) is 102 cm³/mol. The first-order chi connectivity index (χ1) is 11.9. The van der Waals surface area contributed by atoms with Gasteiger partial charge in [-0.1, -0.05) is 39.8 Å². The highest BCUT2D eigenvalue weighted by Gasteiger charge is 2.29. The Labute approximate surface area is 159 Å². The number of halogens is 2. The molecule has 6 nitrogen and oxygen atoms in total. The van der Waals surface area contributed by atoms with Crippen LogP contribution in [0.4, 0.5) is 4.39 Å². The fourth-order valence-electron chi connectivity index (χ4n) is 2.66. The molecule has 0 fully saturated rings. The number of carbonyl (C=O) groups is 1. The molecule has 1 aromatic carbocycles. The second-order valence-electron chi connectivity index (χ2n) is 6.46. The average molecular weight is 384 g/mol. The Morgan fingerprint density at radius 2 is 1.92 bits per heavy atom. The van der Waals surface area contributed by atoms with Crippen LogP contribution in [0.15, 0.2) is 24.3 Å². The van der Waals surface area contributed by atoms with Gasteiger partial charge in [0.15, 0.2) is 0 Å². The van der Waals surface area contributed by atoms with Crippen LogP contribution in [-0.2, 0) is 0 Å². The van der Waals surface area contributed by atoms with Gasteiger partial charge in [0.1, 0.15) is 17.3 Å². The maximum Gasteiger partial charge on any atom is 0.291 e. The lowest BCUT2D eigenvalue weighted by atomic mass is 9.93. The van der Waals surface area contributed by atoms with Crippen LogP contribution >= 0.6 is 12.4 Å². The minimum atomic E-state index is -0.488. The molecule has 0 unspecified atom stereocenters. The number of hydrogen-bond acceptors (Lipinski definition) is 4. The predicted octanol–water partition coefficient (Wildman–Crippen LogP) is 3.20. The van der Waals surface area contributed by atoms with Crippen LogP contribution in [0.2, 0.25) is 0 Å². The van der Waals surface area contributed by atoms with Gasteiger partial charge in [-0.3, -0.25) is 4.79 Å². The normalized spacial score (nSPS) is 11.3. The summed E-state index contributed by atoms with van der Waals surface area (Å²) in [4.78, 5) is 17.0. The lowest BCUT2D eigenvalue weighted by Gasteiger charge is -2.30. The Kier molecular flexibility index (Phi) is 7.71. The number of para-hydroxylation sites is 1. The van der Waals surface area contributed by atoms with Crippen LogP contribution < -0.4 is 11.1 Å². The summed E-state index contributed by atoms with van der Waals surface area (Å²) in [6.45, 7) is 8.12. The Bertz CT molecular complexity index is 735. The summed E-state index contributed by atoms with van der Waals surface area (Å²) in [7, 11) is 0. The topological polar surface area (TPSA) is 85.8 Å². The van der Waals surface area contributed by atoms with Gasteiger partial charge in [0.05, 0.1) is 5.54 Å². The first-order valence-corrected chi connectivity index (χ1v) is 8.61. The second kappa shape index (κ2) is 9.09. The van der Waals surface area contributed by atoms with Crippen molar-refractivity contribution in [2.24, 2.45) is 5.73 Å². The largest absolute Gasteiger partial charge is 0.343 e. The number of hydrogen-bond donors (Lipinski definition) is 2. The fraction of sp³-hybridized carbons (Fsp3) is 0.500. The van der Waals surface area contributed by atoms with Crippen LogP contribution in [-0.4, -0.2) is 32.8 Å². The van der Waals surface area contributed by atoms with Gasteiger partial charge in [0, 0.05) is 12.5 Å². The summed E-state index contributed by atoms with van der Waals surface area (Å²) < 4.78 is 15.6. The van der Waals surface area contributed by atoms with Gasteiger partial charge in [-0.25, -0.2) is 14.1 Å². The number of nitrogens with one attached hydrogen (secondary N) is 1. The summed E-state index contributed by atoms with van der Waals surface area (Å²) in [6, 6.07) is 6.29. The molecule has 0 aliphatic rings. The zero-order valence-electron chi connectivity index (χ0n) is 15.6. The van der Waals surface area contributed by atoms with Crippen molar-refractivity contribution in [2.45, 2.75) is 52.0 Å². The van der Waals surface area contributed by atoms with E-state index in [0.717, 1.165) is 0 Å². The van der Waals surface area contributed by atoms with Crippen molar-refractivity contribution in [1.29, 1.82) is 0 Å². The van der Waals surface area contributed by atoms with E-state index in [-0.39, 0.29) is 29.8 Å². The van der Waals surface area contributed by atoms with E-state index in [1.807, 2.05) is 27.7 Å². The van der Waals surface area contributed by atoms with E-state index < -0.39 is 17.3 Å². The van der Waals surface area contributed by atoms with Gasteiger partial charge in [-0.15, -0.1) is 17.5 Å². The molecular weight excluding hydrogens is 357 g/mol. The molecule has 1 heterocycles. The first kappa shape index (κ1) is 22.1. The van der Waals surface area contributed by atoms with E-state index in [2.05, 4.69) is 15.4 Å². The molecule has 26 heavy (non-hydrogen) atoms. The van der Waals surface area contributed by atoms with E-state index in [4.69, 9.17) is 5.73 Å². The van der Waals surface area contributed by atoms with Crippen molar-refractivity contribution in [2.75, 3.05) is 6.54 Å². The van der Waals surface area contributed by atoms with Crippen LogP contribution in [0.3, 0.4) is 0 Å². The van der Waals surface area contributed by atoms with E-state index in [1.165, 1.54) is 10.7 Å². The number of carbonyl (C=O) groups excluding carboxylic acids is 1. The first-order valence-electron chi connectivity index (χ1n) is 8.61. The fourth-order valence-corrected chi connectivity index (χ4v) is 2.66. The third kappa shape index (κ3) is 4.40. The lowest BCUT2D eigenvalue weighted by molar-refractivity contribution is 0.0884. The highest BCUT2D eigenvalue weighted by molar-refractivity contribution is 5.91. The highest BCUT2D eigenvalue weighted by Crippen LogP contribution is 2.20. The van der Waals surface area contributed by atoms with Crippen LogP contribution in [0.1, 0.15) is 62.9 Å². The lowest BCUT2D eigenvalue weighted by Crippen LogP contribution is -2.53. The number of amides is 1. The number of nitrogens with zero attached hydrogens (tertiary/aromatic N) is 3. The van der Waals surface area contributed by atoms with Crippen LogP contribution in [0, 0.1) is 5.82 Å². The zero-order valence-corrected chi connectivity index (χ0v) is 16.4. The quantitative estimate of drug-likeness (QED) is 0.768. The highest BCUT2D eigenvalue weighted by atomic mass is 35.5. The molecule has 0 radical (unpaired) electrons. The van der Waals surface area contributed by atoms with Crippen LogP contribution in [0.5, 0.6) is 0 Å². The molecule has 0 saturated heterocycles. The Balaban J connectivity index is 0.00000338. The summed E-state index contributed by atoms with van der Waals surface area (Å²) in [5, 5.41) is 7.21. The molecule has 3 N–H and O–H groups in total. The molecular formula is C18H27ClFN5O. The molecule has 0 bridgehead atoms. The minimum Gasteiger partial charge on any atom is -0.343 e. The maximum absolute atomic E-state index is 14.2. The third-order valence-electron chi connectivity index (χ3n) is 4.56. The molecule has 8 heteroatoms. The maximum atomic E-state index is 14.2. The number of rotatable bonds is 7.